The third-order valence-corrected chi connectivity index (χ3v) is 5.62. The molecule has 0 aliphatic carbocycles. The van der Waals surface area contributed by atoms with Gasteiger partial charge < -0.3 is 15.5 Å². The molecule has 3 N–H and O–H groups in total. The SMILES string of the molecule is C=CC(=O)N1CC[C@@H](C)[C@@H](Nc2nc(Nc3cnn(CC(F)F)c3)nc3n[nH]c(Cl)c23)C1. The monoisotopic (exact) mass is 465 g/mol. The lowest BCUT2D eigenvalue weighted by molar-refractivity contribution is -0.127. The fraction of sp³-hybridized carbons (Fsp3) is 0.421. The van der Waals surface area contributed by atoms with Gasteiger partial charge in [-0.2, -0.15) is 20.2 Å². The largest absolute Gasteiger partial charge is 0.364 e. The molecular formula is C19H22ClF2N9O. The second-order valence-electron chi connectivity index (χ2n) is 7.60. The molecule has 0 spiro atoms. The van der Waals surface area contributed by atoms with Gasteiger partial charge in [-0.15, -0.1) is 0 Å². The molecule has 3 aromatic heterocycles. The maximum Gasteiger partial charge on any atom is 0.257 e. The maximum absolute atomic E-state index is 12.6. The highest BCUT2D eigenvalue weighted by Crippen LogP contribution is 2.30. The number of anilines is 3. The molecule has 1 saturated heterocycles. The summed E-state index contributed by atoms with van der Waals surface area (Å²) in [6.45, 7) is 6.29. The van der Waals surface area contributed by atoms with Crippen molar-refractivity contribution in [3.05, 3.63) is 30.2 Å². The number of aromatic amines is 1. The molecule has 0 unspecified atom stereocenters. The predicted molar refractivity (Wildman–Crippen MR) is 116 cm³/mol. The van der Waals surface area contributed by atoms with Crippen molar-refractivity contribution in [3.8, 4) is 0 Å². The molecule has 1 amide bonds. The van der Waals surface area contributed by atoms with Gasteiger partial charge >= 0.3 is 0 Å². The first-order valence-electron chi connectivity index (χ1n) is 10.0. The molecule has 4 heterocycles. The van der Waals surface area contributed by atoms with E-state index in [0.29, 0.717) is 35.6 Å². The van der Waals surface area contributed by atoms with Gasteiger partial charge in [0.25, 0.3) is 6.43 Å². The molecular weight excluding hydrogens is 444 g/mol. The summed E-state index contributed by atoms with van der Waals surface area (Å²) < 4.78 is 26.3. The highest BCUT2D eigenvalue weighted by Gasteiger charge is 2.29. The minimum absolute atomic E-state index is 0.0849. The van der Waals surface area contributed by atoms with Gasteiger partial charge in [-0.05, 0) is 18.4 Å². The lowest BCUT2D eigenvalue weighted by Crippen LogP contribution is -2.48. The Hall–Kier alpha value is -3.28. The van der Waals surface area contributed by atoms with Crippen molar-refractivity contribution in [2.24, 2.45) is 5.92 Å². The summed E-state index contributed by atoms with van der Waals surface area (Å²) in [5.74, 6) is 0.785. The summed E-state index contributed by atoms with van der Waals surface area (Å²) >= 11 is 6.28. The Kier molecular flexibility index (Phi) is 6.21. The van der Waals surface area contributed by atoms with Crippen molar-refractivity contribution in [1.29, 1.82) is 0 Å². The first-order valence-corrected chi connectivity index (χ1v) is 10.4. The molecule has 1 fully saturated rings. The number of carbonyl (C=O) groups excluding carboxylic acids is 1. The van der Waals surface area contributed by atoms with E-state index < -0.39 is 13.0 Å². The van der Waals surface area contributed by atoms with Crippen LogP contribution < -0.4 is 10.6 Å². The number of nitrogens with zero attached hydrogens (tertiary/aromatic N) is 6. The van der Waals surface area contributed by atoms with E-state index in [9.17, 15) is 13.6 Å². The number of H-pyrrole nitrogens is 1. The molecule has 0 radical (unpaired) electrons. The van der Waals surface area contributed by atoms with E-state index in [1.54, 1.807) is 4.90 Å². The second kappa shape index (κ2) is 9.07. The summed E-state index contributed by atoms with van der Waals surface area (Å²) in [5, 5.41) is 17.8. The summed E-state index contributed by atoms with van der Waals surface area (Å²) in [6.07, 6.45) is 2.45. The maximum atomic E-state index is 12.6. The Morgan fingerprint density at radius 1 is 1.47 bits per heavy atom. The Morgan fingerprint density at radius 3 is 3.03 bits per heavy atom. The molecule has 2 atom stereocenters. The van der Waals surface area contributed by atoms with Crippen LogP contribution in [-0.2, 0) is 11.3 Å². The number of rotatable bonds is 7. The number of fused-ring (bicyclic) bond motifs is 1. The lowest BCUT2D eigenvalue weighted by atomic mass is 9.93. The number of hydrogen-bond acceptors (Lipinski definition) is 7. The summed E-state index contributed by atoms with van der Waals surface area (Å²) in [6, 6.07) is -0.0849. The molecule has 4 rings (SSSR count). The van der Waals surface area contributed by atoms with Crippen LogP contribution in [0.15, 0.2) is 25.0 Å². The third-order valence-electron chi connectivity index (χ3n) is 5.35. The van der Waals surface area contributed by atoms with E-state index in [2.05, 4.69) is 49.4 Å². The highest BCUT2D eigenvalue weighted by atomic mass is 35.5. The number of amides is 1. The average molecular weight is 466 g/mol. The molecule has 0 aromatic carbocycles. The molecule has 1 aliphatic heterocycles. The van der Waals surface area contributed by atoms with Crippen LogP contribution in [0.25, 0.3) is 11.0 Å². The van der Waals surface area contributed by atoms with E-state index in [4.69, 9.17) is 11.6 Å². The molecule has 32 heavy (non-hydrogen) atoms. The minimum Gasteiger partial charge on any atom is -0.364 e. The van der Waals surface area contributed by atoms with Gasteiger partial charge in [0.15, 0.2) is 5.65 Å². The van der Waals surface area contributed by atoms with Crippen LogP contribution in [0.2, 0.25) is 5.15 Å². The number of nitrogens with one attached hydrogen (secondary N) is 3. The zero-order valence-electron chi connectivity index (χ0n) is 17.2. The Labute approximate surface area is 187 Å². The average Bonchev–Trinajstić information content (AvgIpc) is 3.34. The predicted octanol–water partition coefficient (Wildman–Crippen LogP) is 3.05. The Bertz CT molecular complexity index is 1130. The van der Waals surface area contributed by atoms with Gasteiger partial charge in [0, 0.05) is 25.3 Å². The van der Waals surface area contributed by atoms with Crippen molar-refractivity contribution in [3.63, 3.8) is 0 Å². The number of piperidine rings is 1. The third kappa shape index (κ3) is 4.64. The lowest BCUT2D eigenvalue weighted by Gasteiger charge is -2.37. The summed E-state index contributed by atoms with van der Waals surface area (Å²) in [4.78, 5) is 22.7. The first kappa shape index (κ1) is 21.9. The van der Waals surface area contributed by atoms with E-state index in [-0.39, 0.29) is 29.0 Å². The normalized spacial score (nSPS) is 18.8. The van der Waals surface area contributed by atoms with E-state index >= 15 is 0 Å². The second-order valence-corrected chi connectivity index (χ2v) is 7.98. The van der Waals surface area contributed by atoms with Gasteiger partial charge in [0.2, 0.25) is 11.9 Å². The fourth-order valence-corrected chi connectivity index (χ4v) is 3.83. The Balaban J connectivity index is 1.60. The number of likely N-dealkylation sites (tertiary alicyclic amines) is 1. The van der Waals surface area contributed by atoms with E-state index in [1.807, 2.05) is 0 Å². The van der Waals surface area contributed by atoms with Crippen molar-refractivity contribution in [2.45, 2.75) is 32.4 Å². The van der Waals surface area contributed by atoms with Crippen LogP contribution in [0, 0.1) is 5.92 Å². The molecule has 1 aliphatic rings. The molecule has 10 nitrogen and oxygen atoms in total. The molecule has 3 aromatic rings. The Morgan fingerprint density at radius 2 is 2.28 bits per heavy atom. The summed E-state index contributed by atoms with van der Waals surface area (Å²) in [7, 11) is 0. The van der Waals surface area contributed by atoms with Crippen molar-refractivity contribution in [1.82, 2.24) is 34.8 Å². The standard InChI is InChI=1S/C19H22ClF2N9O/c1-3-14(32)30-5-4-10(2)12(8-30)25-17-15-16(20)28-29-18(15)27-19(26-17)24-11-6-23-31(7-11)9-13(21)22/h3,6-7,10,12-13H,1,4-5,8-9H2,2H3,(H3,24,25,26,27,28,29)/t10-,12+/m1/s1. The number of hydrogen-bond donors (Lipinski definition) is 3. The van der Waals surface area contributed by atoms with Crippen LogP contribution in [0.5, 0.6) is 0 Å². The molecule has 170 valence electrons. The zero-order valence-corrected chi connectivity index (χ0v) is 18.0. The molecule has 0 saturated carbocycles. The molecule has 0 bridgehead atoms. The number of halogens is 3. The van der Waals surface area contributed by atoms with E-state index in [1.165, 1.54) is 18.5 Å². The molecule has 13 heteroatoms. The fourth-order valence-electron chi connectivity index (χ4n) is 3.61. The minimum atomic E-state index is -2.51. The topological polar surface area (TPSA) is 117 Å². The van der Waals surface area contributed by atoms with Crippen LogP contribution in [-0.4, -0.2) is 66.3 Å². The number of alkyl halides is 2. The van der Waals surface area contributed by atoms with Crippen LogP contribution in [0.1, 0.15) is 13.3 Å². The van der Waals surface area contributed by atoms with Gasteiger partial charge in [-0.1, -0.05) is 25.1 Å². The number of carbonyl (C=O) groups is 1. The van der Waals surface area contributed by atoms with Crippen molar-refractivity contribution >= 4 is 46.0 Å². The van der Waals surface area contributed by atoms with Crippen LogP contribution in [0.3, 0.4) is 0 Å². The highest BCUT2D eigenvalue weighted by molar-refractivity contribution is 6.35. The smallest absolute Gasteiger partial charge is 0.257 e. The van der Waals surface area contributed by atoms with E-state index in [0.717, 1.165) is 11.1 Å². The number of aromatic nitrogens is 6. The van der Waals surface area contributed by atoms with Gasteiger partial charge in [-0.25, -0.2) is 8.78 Å². The quantitative estimate of drug-likeness (QED) is 0.459. The van der Waals surface area contributed by atoms with Crippen molar-refractivity contribution in [2.75, 3.05) is 23.7 Å². The van der Waals surface area contributed by atoms with Gasteiger partial charge in [0.05, 0.1) is 11.9 Å². The van der Waals surface area contributed by atoms with Crippen molar-refractivity contribution < 1.29 is 13.6 Å². The van der Waals surface area contributed by atoms with Crippen LogP contribution >= 0.6 is 11.6 Å². The first-order chi connectivity index (χ1) is 15.3. The van der Waals surface area contributed by atoms with Gasteiger partial charge in [-0.3, -0.25) is 14.6 Å². The zero-order chi connectivity index (χ0) is 22.8. The van der Waals surface area contributed by atoms with Gasteiger partial charge in [0.1, 0.15) is 22.9 Å². The summed E-state index contributed by atoms with van der Waals surface area (Å²) in [5.41, 5.74) is 0.781. The van der Waals surface area contributed by atoms with Crippen LogP contribution in [0.4, 0.5) is 26.2 Å².